The molecule has 1 aromatic carbocycles. The van der Waals surface area contributed by atoms with E-state index in [-0.39, 0.29) is 6.04 Å². The molecule has 0 radical (unpaired) electrons. The van der Waals surface area contributed by atoms with E-state index >= 15 is 0 Å². The molecule has 0 spiro atoms. The number of nitrogens with zero attached hydrogens (tertiary/aromatic N) is 7. The van der Waals surface area contributed by atoms with Crippen LogP contribution >= 0.6 is 11.6 Å². The molecule has 0 aliphatic carbocycles. The Morgan fingerprint density at radius 3 is 2.42 bits per heavy atom. The van der Waals surface area contributed by atoms with Gasteiger partial charge in [0.15, 0.2) is 0 Å². The van der Waals surface area contributed by atoms with E-state index < -0.39 is 5.60 Å². The molecule has 5 aromatic rings. The number of aryl methyl sites for hydroxylation is 3. The molecule has 0 amide bonds. The molecule has 1 unspecified atom stereocenters. The third-order valence-electron chi connectivity index (χ3n) is 7.66. The summed E-state index contributed by atoms with van der Waals surface area (Å²) in [6, 6.07) is 10.2. The Labute approximate surface area is 226 Å². The minimum atomic E-state index is -1.16. The number of hydrogen-bond acceptors (Lipinski definition) is 6. The molecule has 1 aliphatic rings. The van der Waals surface area contributed by atoms with Crippen LogP contribution in [0, 0.1) is 12.8 Å². The highest BCUT2D eigenvalue weighted by Crippen LogP contribution is 2.43. The van der Waals surface area contributed by atoms with Crippen LogP contribution in [-0.4, -0.2) is 52.6 Å². The SMILES string of the molecule is Cc1nnn(C)c1-c1cnc2c3c(c(C(C)(C)O)nn3C)n(C(c3ccc(Cl)cc3)C3CCOCC3)c2c1. The topological polar surface area (TPSA) is 95.8 Å². The van der Waals surface area contributed by atoms with Crippen LogP contribution < -0.4 is 0 Å². The molecule has 1 atom stereocenters. The van der Waals surface area contributed by atoms with Crippen LogP contribution in [0.25, 0.3) is 33.3 Å². The summed E-state index contributed by atoms with van der Waals surface area (Å²) >= 11 is 6.32. The van der Waals surface area contributed by atoms with E-state index in [0.29, 0.717) is 29.8 Å². The van der Waals surface area contributed by atoms with Crippen LogP contribution in [0.3, 0.4) is 0 Å². The van der Waals surface area contributed by atoms with Gasteiger partial charge in [0.2, 0.25) is 0 Å². The average Bonchev–Trinajstić information content (AvgIpc) is 3.52. The van der Waals surface area contributed by atoms with Crippen molar-refractivity contribution in [2.45, 2.75) is 45.3 Å². The number of aromatic nitrogens is 7. The van der Waals surface area contributed by atoms with Gasteiger partial charge < -0.3 is 14.4 Å². The molecule has 10 heteroatoms. The Kier molecular flexibility index (Phi) is 6.05. The van der Waals surface area contributed by atoms with Gasteiger partial charge in [-0.05, 0) is 63.3 Å². The molecular formula is C28H32ClN7O2. The second-order valence-corrected chi connectivity index (χ2v) is 11.2. The molecule has 6 rings (SSSR count). The number of benzene rings is 1. The summed E-state index contributed by atoms with van der Waals surface area (Å²) in [5.74, 6) is 0.308. The van der Waals surface area contributed by atoms with Crippen molar-refractivity contribution in [1.29, 1.82) is 0 Å². The van der Waals surface area contributed by atoms with Crippen LogP contribution in [0.5, 0.6) is 0 Å². The van der Waals surface area contributed by atoms with E-state index in [4.69, 9.17) is 26.4 Å². The van der Waals surface area contributed by atoms with Gasteiger partial charge in [-0.2, -0.15) is 5.10 Å². The highest BCUT2D eigenvalue weighted by atomic mass is 35.5. The van der Waals surface area contributed by atoms with Crippen LogP contribution in [-0.2, 0) is 24.4 Å². The maximum atomic E-state index is 11.3. The lowest BCUT2D eigenvalue weighted by Gasteiger charge is -2.33. The van der Waals surface area contributed by atoms with Crippen molar-refractivity contribution in [3.63, 3.8) is 0 Å². The minimum Gasteiger partial charge on any atom is -0.384 e. The Bertz CT molecular complexity index is 1620. The molecule has 0 saturated carbocycles. The summed E-state index contributed by atoms with van der Waals surface area (Å²) in [4.78, 5) is 4.98. The molecule has 198 valence electrons. The number of rotatable bonds is 5. The molecule has 1 saturated heterocycles. The van der Waals surface area contributed by atoms with E-state index in [1.807, 2.05) is 44.0 Å². The first-order valence-corrected chi connectivity index (χ1v) is 13.3. The molecule has 38 heavy (non-hydrogen) atoms. The maximum Gasteiger partial charge on any atom is 0.118 e. The Morgan fingerprint density at radius 2 is 1.79 bits per heavy atom. The fourth-order valence-corrected chi connectivity index (χ4v) is 6.08. The molecule has 4 aromatic heterocycles. The van der Waals surface area contributed by atoms with Crippen LogP contribution in [0.1, 0.15) is 49.7 Å². The van der Waals surface area contributed by atoms with Gasteiger partial charge in [0.05, 0.1) is 28.5 Å². The standard InChI is InChI=1S/C28H32ClN7O2/c1-16-23(35(5)33-31-16)19-14-21-22(30-15-19)25-26(27(28(2,3)37)32-34(25)4)36(21)24(18-10-12-38-13-11-18)17-6-8-20(29)9-7-17/h6-9,14-15,18,24,37H,10-13H2,1-5H3. The fraction of sp³-hybridized carbons (Fsp3) is 0.429. The van der Waals surface area contributed by atoms with Gasteiger partial charge in [0, 0.05) is 44.1 Å². The van der Waals surface area contributed by atoms with Gasteiger partial charge >= 0.3 is 0 Å². The minimum absolute atomic E-state index is 0.0377. The number of halogens is 1. The molecular weight excluding hydrogens is 502 g/mol. The zero-order valence-corrected chi connectivity index (χ0v) is 23.1. The number of hydrogen-bond donors (Lipinski definition) is 1. The predicted molar refractivity (Wildman–Crippen MR) is 147 cm³/mol. The van der Waals surface area contributed by atoms with Crippen molar-refractivity contribution < 1.29 is 9.84 Å². The van der Waals surface area contributed by atoms with Crippen molar-refractivity contribution >= 4 is 33.7 Å². The fourth-order valence-electron chi connectivity index (χ4n) is 5.96. The quantitative estimate of drug-likeness (QED) is 0.344. The van der Waals surface area contributed by atoms with Gasteiger partial charge in [0.1, 0.15) is 22.3 Å². The third-order valence-corrected chi connectivity index (χ3v) is 7.92. The molecule has 5 heterocycles. The van der Waals surface area contributed by atoms with Crippen molar-refractivity contribution in [3.8, 4) is 11.3 Å². The Hall–Kier alpha value is -3.27. The average molecular weight is 534 g/mol. The van der Waals surface area contributed by atoms with Gasteiger partial charge in [-0.3, -0.25) is 9.67 Å². The zero-order valence-electron chi connectivity index (χ0n) is 22.3. The van der Waals surface area contributed by atoms with E-state index in [9.17, 15) is 5.11 Å². The second-order valence-electron chi connectivity index (χ2n) is 10.8. The van der Waals surface area contributed by atoms with Crippen LogP contribution in [0.4, 0.5) is 0 Å². The normalized spacial score (nSPS) is 16.1. The summed E-state index contributed by atoms with van der Waals surface area (Å²) in [6.45, 7) is 6.95. The Balaban J connectivity index is 1.73. The highest BCUT2D eigenvalue weighted by molar-refractivity contribution is 6.30. The number of pyridine rings is 1. The maximum absolute atomic E-state index is 11.3. The van der Waals surface area contributed by atoms with E-state index in [1.165, 1.54) is 0 Å². The van der Waals surface area contributed by atoms with E-state index in [2.05, 4.69) is 33.1 Å². The van der Waals surface area contributed by atoms with Crippen LogP contribution in [0.15, 0.2) is 36.5 Å². The number of aliphatic hydroxyl groups is 1. The summed E-state index contributed by atoms with van der Waals surface area (Å²) in [7, 11) is 3.81. The molecule has 1 aliphatic heterocycles. The Morgan fingerprint density at radius 1 is 1.08 bits per heavy atom. The van der Waals surface area contributed by atoms with E-state index in [1.54, 1.807) is 18.5 Å². The van der Waals surface area contributed by atoms with Crippen molar-refractivity contribution in [1.82, 2.24) is 34.3 Å². The zero-order chi connectivity index (χ0) is 26.8. The number of fused-ring (bicyclic) bond motifs is 3. The van der Waals surface area contributed by atoms with Gasteiger partial charge in [-0.1, -0.05) is 28.9 Å². The highest BCUT2D eigenvalue weighted by Gasteiger charge is 2.35. The van der Waals surface area contributed by atoms with Crippen molar-refractivity contribution in [2.24, 2.45) is 20.0 Å². The lowest BCUT2D eigenvalue weighted by atomic mass is 9.86. The van der Waals surface area contributed by atoms with E-state index in [0.717, 1.165) is 57.4 Å². The lowest BCUT2D eigenvalue weighted by Crippen LogP contribution is -2.28. The summed E-state index contributed by atoms with van der Waals surface area (Å²) < 4.78 is 11.7. The largest absolute Gasteiger partial charge is 0.384 e. The molecule has 1 fully saturated rings. The van der Waals surface area contributed by atoms with Crippen molar-refractivity contribution in [3.05, 3.63) is 58.5 Å². The van der Waals surface area contributed by atoms with Gasteiger partial charge in [-0.25, -0.2) is 4.68 Å². The van der Waals surface area contributed by atoms with Gasteiger partial charge in [0.25, 0.3) is 0 Å². The summed E-state index contributed by atoms with van der Waals surface area (Å²) in [5.41, 5.74) is 6.92. The first kappa shape index (κ1) is 25.0. The number of ether oxygens (including phenoxy) is 1. The predicted octanol–water partition coefficient (Wildman–Crippen LogP) is 4.92. The summed E-state index contributed by atoms with van der Waals surface area (Å²) in [5, 5.41) is 25.2. The first-order valence-electron chi connectivity index (χ1n) is 12.9. The monoisotopic (exact) mass is 533 g/mol. The van der Waals surface area contributed by atoms with Crippen LogP contribution in [0.2, 0.25) is 5.02 Å². The molecule has 0 bridgehead atoms. The first-order chi connectivity index (χ1) is 18.1. The smallest absolute Gasteiger partial charge is 0.118 e. The molecule has 9 nitrogen and oxygen atoms in total. The van der Waals surface area contributed by atoms with Gasteiger partial charge in [-0.15, -0.1) is 5.10 Å². The second kappa shape index (κ2) is 9.18. The third kappa shape index (κ3) is 4.00. The molecule has 1 N–H and O–H groups in total. The summed E-state index contributed by atoms with van der Waals surface area (Å²) in [6.07, 6.45) is 3.72. The lowest BCUT2D eigenvalue weighted by molar-refractivity contribution is 0.0547. The van der Waals surface area contributed by atoms with Crippen molar-refractivity contribution in [2.75, 3.05) is 13.2 Å².